The summed E-state index contributed by atoms with van der Waals surface area (Å²) in [6.07, 6.45) is 5.17. The number of anilines is 1. The van der Waals surface area contributed by atoms with Crippen LogP contribution >= 0.6 is 11.6 Å². The van der Waals surface area contributed by atoms with Crippen molar-refractivity contribution in [2.24, 2.45) is 0 Å². The summed E-state index contributed by atoms with van der Waals surface area (Å²) in [4.78, 5) is 8.55. The van der Waals surface area contributed by atoms with Crippen LogP contribution in [0, 0.1) is 12.7 Å². The van der Waals surface area contributed by atoms with Crippen LogP contribution in [0.5, 0.6) is 0 Å². The molecule has 140 valence electrons. The maximum Gasteiger partial charge on any atom is 0.128 e. The molecule has 1 atom stereocenters. The first-order chi connectivity index (χ1) is 13.5. The third-order valence-corrected chi connectivity index (χ3v) is 5.19. The average molecular weight is 392 g/mol. The number of rotatable bonds is 4. The highest BCUT2D eigenvalue weighted by Gasteiger charge is 2.16. The fourth-order valence-corrected chi connectivity index (χ4v) is 3.57. The van der Waals surface area contributed by atoms with Crippen LogP contribution in [0.4, 0.5) is 10.1 Å². The van der Waals surface area contributed by atoms with Crippen LogP contribution in [-0.4, -0.2) is 9.97 Å². The van der Waals surface area contributed by atoms with Gasteiger partial charge in [-0.05, 0) is 49.2 Å². The van der Waals surface area contributed by atoms with Crippen LogP contribution in [0.15, 0.2) is 67.1 Å². The molecule has 2 aromatic heterocycles. The van der Waals surface area contributed by atoms with E-state index in [4.69, 9.17) is 11.6 Å². The van der Waals surface area contributed by atoms with E-state index < -0.39 is 0 Å². The number of pyridine rings is 2. The van der Waals surface area contributed by atoms with Gasteiger partial charge in [0.25, 0.3) is 0 Å². The van der Waals surface area contributed by atoms with Crippen molar-refractivity contribution in [3.63, 3.8) is 0 Å². The number of aryl methyl sites for hydroxylation is 1. The Balaban J connectivity index is 1.73. The second-order valence-corrected chi connectivity index (χ2v) is 7.20. The summed E-state index contributed by atoms with van der Waals surface area (Å²) < 4.78 is 14.7. The molecule has 0 saturated heterocycles. The second kappa shape index (κ2) is 7.56. The first-order valence-corrected chi connectivity index (χ1v) is 9.42. The topological polar surface area (TPSA) is 37.8 Å². The summed E-state index contributed by atoms with van der Waals surface area (Å²) in [5.74, 6) is -0.264. The Labute approximate surface area is 168 Å². The molecular formula is C23H19ClFN3. The number of nitrogens with zero attached hydrogens (tertiary/aromatic N) is 2. The summed E-state index contributed by atoms with van der Waals surface area (Å²) in [6.45, 7) is 3.94. The van der Waals surface area contributed by atoms with Crippen LogP contribution < -0.4 is 5.32 Å². The number of benzene rings is 2. The highest BCUT2D eigenvalue weighted by Crippen LogP contribution is 2.34. The second-order valence-electron chi connectivity index (χ2n) is 6.79. The van der Waals surface area contributed by atoms with Crippen molar-refractivity contribution in [1.82, 2.24) is 9.97 Å². The number of halogens is 2. The molecule has 5 heteroatoms. The highest BCUT2D eigenvalue weighted by atomic mass is 35.5. The van der Waals surface area contributed by atoms with Crippen molar-refractivity contribution in [3.8, 4) is 11.1 Å². The quantitative estimate of drug-likeness (QED) is 0.427. The van der Waals surface area contributed by atoms with Gasteiger partial charge in [0, 0.05) is 35.1 Å². The molecule has 0 bridgehead atoms. The Morgan fingerprint density at radius 3 is 2.71 bits per heavy atom. The van der Waals surface area contributed by atoms with Gasteiger partial charge in [-0.25, -0.2) is 4.39 Å². The third-order valence-electron chi connectivity index (χ3n) is 4.90. The molecule has 3 nitrogen and oxygen atoms in total. The monoisotopic (exact) mass is 391 g/mol. The average Bonchev–Trinajstić information content (AvgIpc) is 2.71. The molecule has 0 aliphatic heterocycles. The van der Waals surface area contributed by atoms with Gasteiger partial charge in [0.15, 0.2) is 0 Å². The van der Waals surface area contributed by atoms with Crippen LogP contribution in [0.3, 0.4) is 0 Å². The van der Waals surface area contributed by atoms with E-state index in [9.17, 15) is 4.39 Å². The van der Waals surface area contributed by atoms with Gasteiger partial charge in [-0.1, -0.05) is 35.9 Å². The highest BCUT2D eigenvalue weighted by molar-refractivity contribution is 6.34. The number of aromatic nitrogens is 2. The summed E-state index contributed by atoms with van der Waals surface area (Å²) in [5.41, 5.74) is 5.17. The molecular weight excluding hydrogens is 373 g/mol. The fraction of sp³-hybridized carbons (Fsp3) is 0.130. The zero-order valence-electron chi connectivity index (χ0n) is 15.6. The SMILES string of the molecule is Cc1ccncc1-c1ccc(F)c([C@@H](C)Nc2c(Cl)cnc3ccccc23)c1. The van der Waals surface area contributed by atoms with Crippen molar-refractivity contribution in [3.05, 3.63) is 89.1 Å². The maximum atomic E-state index is 14.7. The molecule has 0 aliphatic rings. The standard InChI is InChI=1S/C23H19ClFN3/c1-14-9-10-26-12-19(14)16-7-8-21(25)18(11-16)15(2)28-23-17-5-3-4-6-22(17)27-13-20(23)24/h3-13,15H,1-2H3,(H,27,28)/t15-/m1/s1. The molecule has 0 radical (unpaired) electrons. The van der Waals surface area contributed by atoms with E-state index >= 15 is 0 Å². The maximum absolute atomic E-state index is 14.7. The molecule has 0 spiro atoms. The van der Waals surface area contributed by atoms with E-state index in [0.29, 0.717) is 10.6 Å². The number of nitrogens with one attached hydrogen (secondary N) is 1. The van der Waals surface area contributed by atoms with Crippen molar-refractivity contribution < 1.29 is 4.39 Å². The molecule has 2 heterocycles. The van der Waals surface area contributed by atoms with Gasteiger partial charge in [-0.2, -0.15) is 0 Å². The molecule has 1 N–H and O–H groups in total. The molecule has 4 rings (SSSR count). The predicted octanol–water partition coefficient (Wildman–Crippen LogP) is 6.57. The van der Waals surface area contributed by atoms with Crippen molar-refractivity contribution in [2.75, 3.05) is 5.32 Å². The summed E-state index contributed by atoms with van der Waals surface area (Å²) in [6, 6.07) is 14.5. The third kappa shape index (κ3) is 3.43. The van der Waals surface area contributed by atoms with Gasteiger partial charge in [0.1, 0.15) is 5.82 Å². The first kappa shape index (κ1) is 18.4. The molecule has 0 fully saturated rings. The molecule has 0 unspecified atom stereocenters. The van der Waals surface area contributed by atoms with Crippen molar-refractivity contribution in [1.29, 1.82) is 0 Å². The molecule has 2 aromatic carbocycles. The lowest BCUT2D eigenvalue weighted by molar-refractivity contribution is 0.600. The van der Waals surface area contributed by atoms with Gasteiger partial charge in [0.05, 0.1) is 22.3 Å². The van der Waals surface area contributed by atoms with Crippen molar-refractivity contribution >= 4 is 28.2 Å². The number of para-hydroxylation sites is 1. The molecule has 0 amide bonds. The van der Waals surface area contributed by atoms with Gasteiger partial charge >= 0.3 is 0 Å². The minimum Gasteiger partial charge on any atom is -0.377 e. The Hall–Kier alpha value is -2.98. The van der Waals surface area contributed by atoms with E-state index in [0.717, 1.165) is 33.3 Å². The Morgan fingerprint density at radius 1 is 1.07 bits per heavy atom. The lowest BCUT2D eigenvalue weighted by atomic mass is 9.98. The molecule has 0 saturated carbocycles. The first-order valence-electron chi connectivity index (χ1n) is 9.05. The van der Waals surface area contributed by atoms with E-state index in [-0.39, 0.29) is 11.9 Å². The number of fused-ring (bicyclic) bond motifs is 1. The molecule has 4 aromatic rings. The Kier molecular flexibility index (Phi) is 4.97. The summed E-state index contributed by atoms with van der Waals surface area (Å²) in [7, 11) is 0. The van der Waals surface area contributed by atoms with Crippen LogP contribution in [0.2, 0.25) is 5.02 Å². The Morgan fingerprint density at radius 2 is 1.89 bits per heavy atom. The van der Waals surface area contributed by atoms with Gasteiger partial charge in [-0.15, -0.1) is 0 Å². The van der Waals surface area contributed by atoms with Gasteiger partial charge < -0.3 is 5.32 Å². The number of hydrogen-bond donors (Lipinski definition) is 1. The number of hydrogen-bond acceptors (Lipinski definition) is 3. The molecule has 0 aliphatic carbocycles. The summed E-state index contributed by atoms with van der Waals surface area (Å²) >= 11 is 6.40. The minimum atomic E-state index is -0.291. The minimum absolute atomic E-state index is 0.264. The smallest absolute Gasteiger partial charge is 0.128 e. The lowest BCUT2D eigenvalue weighted by Crippen LogP contribution is -2.10. The van der Waals surface area contributed by atoms with Crippen molar-refractivity contribution in [2.45, 2.75) is 19.9 Å². The lowest BCUT2D eigenvalue weighted by Gasteiger charge is -2.20. The van der Waals surface area contributed by atoms with E-state index in [1.807, 2.05) is 50.2 Å². The zero-order chi connectivity index (χ0) is 19.7. The summed E-state index contributed by atoms with van der Waals surface area (Å²) in [5, 5.41) is 4.79. The van der Waals surface area contributed by atoms with E-state index in [1.54, 1.807) is 24.7 Å². The van der Waals surface area contributed by atoms with E-state index in [2.05, 4.69) is 15.3 Å². The van der Waals surface area contributed by atoms with Crippen LogP contribution in [0.25, 0.3) is 22.0 Å². The van der Waals surface area contributed by atoms with E-state index in [1.165, 1.54) is 6.07 Å². The normalized spacial score (nSPS) is 12.1. The van der Waals surface area contributed by atoms with Crippen LogP contribution in [-0.2, 0) is 0 Å². The zero-order valence-corrected chi connectivity index (χ0v) is 16.3. The van der Waals surface area contributed by atoms with Gasteiger partial charge in [0.2, 0.25) is 0 Å². The Bertz CT molecular complexity index is 1160. The largest absolute Gasteiger partial charge is 0.377 e. The van der Waals surface area contributed by atoms with Gasteiger partial charge in [-0.3, -0.25) is 9.97 Å². The predicted molar refractivity (Wildman–Crippen MR) is 113 cm³/mol. The fourth-order valence-electron chi connectivity index (χ4n) is 3.37. The van der Waals surface area contributed by atoms with Crippen LogP contribution in [0.1, 0.15) is 24.1 Å². The molecule has 28 heavy (non-hydrogen) atoms.